The molecule has 3 aromatic rings. The fraction of sp³-hybridized carbons (Fsp3) is 0.250. The molecule has 0 N–H and O–H groups in total. The van der Waals surface area contributed by atoms with Gasteiger partial charge in [0.1, 0.15) is 6.33 Å². The summed E-state index contributed by atoms with van der Waals surface area (Å²) in [6, 6.07) is 11.5. The van der Waals surface area contributed by atoms with E-state index in [-0.39, 0.29) is 0 Å². The van der Waals surface area contributed by atoms with Gasteiger partial charge in [0, 0.05) is 10.8 Å². The first-order valence-electron chi connectivity index (χ1n) is 8.92. The molecule has 0 aliphatic carbocycles. The molecule has 0 spiro atoms. The molecule has 9 heteroatoms. The molecule has 0 unspecified atom stereocenters. The highest BCUT2D eigenvalue weighted by atomic mass is 79.9. The minimum Gasteiger partial charge on any atom is -0.493 e. The molecule has 0 amide bonds. The van der Waals surface area contributed by atoms with Crippen LogP contribution in [0, 0.1) is 0 Å². The zero-order valence-electron chi connectivity index (χ0n) is 16.0. The maximum absolute atomic E-state index is 5.93. The Morgan fingerprint density at radius 2 is 2.07 bits per heavy atom. The van der Waals surface area contributed by atoms with Gasteiger partial charge >= 0.3 is 0 Å². The van der Waals surface area contributed by atoms with Crippen molar-refractivity contribution in [3.63, 3.8) is 0 Å². The van der Waals surface area contributed by atoms with Gasteiger partial charge in [0.05, 0.1) is 24.4 Å². The summed E-state index contributed by atoms with van der Waals surface area (Å²) in [5.74, 6) is 2.08. The topological polar surface area (TPSA) is 61.5 Å². The number of methoxy groups -OCH3 is 1. The van der Waals surface area contributed by atoms with Crippen LogP contribution in [0.15, 0.2) is 57.5 Å². The minimum atomic E-state index is 0.622. The lowest BCUT2D eigenvalue weighted by atomic mass is 10.2. The van der Waals surface area contributed by atoms with Crippen LogP contribution in [0.4, 0.5) is 0 Å². The fourth-order valence-corrected chi connectivity index (χ4v) is 3.93. The molecule has 0 radical (unpaired) electrons. The second kappa shape index (κ2) is 10.7. The molecular formula is C20H20BrClN4O2S. The lowest BCUT2D eigenvalue weighted by molar-refractivity contribution is 0.292. The SMILES string of the molecule is CCCOc1c(Br)cc(/C=N/n2cnnc2SCc2ccc(Cl)cc2)cc1OC. The van der Waals surface area contributed by atoms with Gasteiger partial charge in [-0.3, -0.25) is 0 Å². The van der Waals surface area contributed by atoms with Gasteiger partial charge in [-0.1, -0.05) is 42.4 Å². The van der Waals surface area contributed by atoms with Crippen molar-refractivity contribution in [3.8, 4) is 11.5 Å². The van der Waals surface area contributed by atoms with Gasteiger partial charge in [0.2, 0.25) is 5.16 Å². The maximum atomic E-state index is 5.93. The van der Waals surface area contributed by atoms with Crippen LogP contribution in [0.5, 0.6) is 11.5 Å². The number of halogens is 2. The van der Waals surface area contributed by atoms with Crippen molar-refractivity contribution in [2.75, 3.05) is 13.7 Å². The number of hydrogen-bond acceptors (Lipinski definition) is 6. The summed E-state index contributed by atoms with van der Waals surface area (Å²) < 4.78 is 13.7. The highest BCUT2D eigenvalue weighted by molar-refractivity contribution is 9.10. The lowest BCUT2D eigenvalue weighted by Crippen LogP contribution is -2.00. The van der Waals surface area contributed by atoms with Crippen molar-refractivity contribution in [1.82, 2.24) is 14.9 Å². The number of thioether (sulfide) groups is 1. The van der Waals surface area contributed by atoms with Crippen LogP contribution in [0.25, 0.3) is 0 Å². The van der Waals surface area contributed by atoms with Crippen molar-refractivity contribution in [3.05, 3.63) is 63.3 Å². The lowest BCUT2D eigenvalue weighted by Gasteiger charge is -2.12. The van der Waals surface area contributed by atoms with E-state index in [0.717, 1.165) is 32.8 Å². The van der Waals surface area contributed by atoms with E-state index in [4.69, 9.17) is 21.1 Å². The molecule has 2 aromatic carbocycles. The van der Waals surface area contributed by atoms with Gasteiger partial charge in [0.25, 0.3) is 0 Å². The van der Waals surface area contributed by atoms with E-state index in [1.807, 2.05) is 36.4 Å². The van der Waals surface area contributed by atoms with Crippen molar-refractivity contribution < 1.29 is 9.47 Å². The smallest absolute Gasteiger partial charge is 0.212 e. The Labute approximate surface area is 187 Å². The number of hydrogen-bond donors (Lipinski definition) is 0. The summed E-state index contributed by atoms with van der Waals surface area (Å²) in [4.78, 5) is 0. The standard InChI is InChI=1S/C20H20BrClN4O2S/c1-3-8-28-19-17(21)9-15(10-18(19)27-2)11-24-26-13-23-25-20(26)29-12-14-4-6-16(22)7-5-14/h4-7,9-11,13H,3,8,12H2,1-2H3/b24-11+. The molecular weight excluding hydrogens is 476 g/mol. The van der Waals surface area contributed by atoms with Gasteiger partial charge < -0.3 is 9.47 Å². The Kier molecular flexibility index (Phi) is 7.97. The third kappa shape index (κ3) is 5.98. The highest BCUT2D eigenvalue weighted by Crippen LogP contribution is 2.36. The number of benzene rings is 2. The van der Waals surface area contributed by atoms with Crippen LogP contribution < -0.4 is 9.47 Å². The molecule has 0 aliphatic rings. The molecule has 0 saturated heterocycles. The summed E-state index contributed by atoms with van der Waals surface area (Å²) in [5, 5.41) is 14.0. The van der Waals surface area contributed by atoms with Gasteiger partial charge in [0.15, 0.2) is 11.5 Å². The summed E-state index contributed by atoms with van der Waals surface area (Å²) in [6.45, 7) is 2.68. The first-order valence-corrected chi connectivity index (χ1v) is 11.1. The quantitative estimate of drug-likeness (QED) is 0.283. The molecule has 0 saturated carbocycles. The van der Waals surface area contributed by atoms with Crippen LogP contribution >= 0.6 is 39.3 Å². The number of nitrogens with zero attached hydrogens (tertiary/aromatic N) is 4. The average molecular weight is 496 g/mol. The Morgan fingerprint density at radius 3 is 2.79 bits per heavy atom. The van der Waals surface area contributed by atoms with E-state index >= 15 is 0 Å². The van der Waals surface area contributed by atoms with E-state index in [9.17, 15) is 0 Å². The molecule has 0 fully saturated rings. The summed E-state index contributed by atoms with van der Waals surface area (Å²) in [6.07, 6.45) is 4.22. The third-order valence-corrected chi connectivity index (χ3v) is 5.66. The van der Waals surface area contributed by atoms with Crippen molar-refractivity contribution in [1.29, 1.82) is 0 Å². The summed E-state index contributed by atoms with van der Waals surface area (Å²) in [7, 11) is 1.62. The van der Waals surface area contributed by atoms with E-state index in [2.05, 4.69) is 38.2 Å². The van der Waals surface area contributed by atoms with Crippen LogP contribution in [0.2, 0.25) is 5.02 Å². The van der Waals surface area contributed by atoms with Gasteiger partial charge in [-0.25, -0.2) is 0 Å². The highest BCUT2D eigenvalue weighted by Gasteiger charge is 2.11. The minimum absolute atomic E-state index is 0.622. The predicted molar refractivity (Wildman–Crippen MR) is 121 cm³/mol. The van der Waals surface area contributed by atoms with Gasteiger partial charge in [-0.15, -0.1) is 10.2 Å². The predicted octanol–water partition coefficient (Wildman–Crippen LogP) is 5.67. The largest absolute Gasteiger partial charge is 0.493 e. The first kappa shape index (κ1) is 21.7. The molecule has 29 heavy (non-hydrogen) atoms. The second-order valence-corrected chi connectivity index (χ2v) is 8.23. The zero-order chi connectivity index (χ0) is 20.6. The molecule has 1 heterocycles. The van der Waals surface area contributed by atoms with Crippen LogP contribution in [0.3, 0.4) is 0 Å². The Hall–Kier alpha value is -2.03. The van der Waals surface area contributed by atoms with E-state index in [1.54, 1.807) is 36.1 Å². The van der Waals surface area contributed by atoms with Crippen molar-refractivity contribution >= 4 is 45.5 Å². The summed E-state index contributed by atoms with van der Waals surface area (Å²) >= 11 is 11.0. The molecule has 1 aromatic heterocycles. The fourth-order valence-electron chi connectivity index (χ4n) is 2.41. The van der Waals surface area contributed by atoms with Gasteiger partial charge in [-0.2, -0.15) is 9.78 Å². The molecule has 0 bridgehead atoms. The van der Waals surface area contributed by atoms with Crippen LogP contribution in [-0.2, 0) is 5.75 Å². The van der Waals surface area contributed by atoms with Gasteiger partial charge in [-0.05, 0) is 57.7 Å². The normalized spacial score (nSPS) is 11.2. The zero-order valence-corrected chi connectivity index (χ0v) is 19.2. The number of aromatic nitrogens is 3. The van der Waals surface area contributed by atoms with Crippen LogP contribution in [-0.4, -0.2) is 34.8 Å². The molecule has 152 valence electrons. The summed E-state index contributed by atoms with van der Waals surface area (Å²) in [5.41, 5.74) is 2.01. The number of ether oxygens (including phenoxy) is 2. The first-order chi connectivity index (χ1) is 14.1. The molecule has 3 rings (SSSR count). The molecule has 6 nitrogen and oxygen atoms in total. The van der Waals surface area contributed by atoms with E-state index < -0.39 is 0 Å². The Morgan fingerprint density at radius 1 is 1.28 bits per heavy atom. The van der Waals surface area contributed by atoms with E-state index in [0.29, 0.717) is 23.3 Å². The number of rotatable bonds is 9. The van der Waals surface area contributed by atoms with Crippen LogP contribution in [0.1, 0.15) is 24.5 Å². The third-order valence-electron chi connectivity index (χ3n) is 3.81. The molecule has 0 aliphatic heterocycles. The maximum Gasteiger partial charge on any atom is 0.212 e. The monoisotopic (exact) mass is 494 g/mol. The van der Waals surface area contributed by atoms with E-state index in [1.165, 1.54) is 0 Å². The van der Waals surface area contributed by atoms with Crippen molar-refractivity contribution in [2.45, 2.75) is 24.3 Å². The Balaban J connectivity index is 1.72. The Bertz CT molecular complexity index is 979. The molecule has 0 atom stereocenters. The average Bonchev–Trinajstić information content (AvgIpc) is 3.18. The second-order valence-electron chi connectivity index (χ2n) is 6.00. The van der Waals surface area contributed by atoms with Crippen molar-refractivity contribution in [2.24, 2.45) is 5.10 Å².